The minimum Gasteiger partial charge on any atom is -0.307 e. The standard InChI is InChI=1S/C13H17F3N2S/c1-8-5-9(10(19)7-17-12(2,3)4)18-11(6-8)13(14,15)16/h5-6,17H,7H2,1-4H3. The molecule has 0 aliphatic rings. The first-order valence-electron chi connectivity index (χ1n) is 5.83. The molecule has 0 amide bonds. The summed E-state index contributed by atoms with van der Waals surface area (Å²) in [5.74, 6) is 0. The number of aryl methyl sites for hydroxylation is 1. The molecule has 0 unspecified atom stereocenters. The maximum atomic E-state index is 12.7. The van der Waals surface area contributed by atoms with Gasteiger partial charge < -0.3 is 5.32 Å². The number of alkyl halides is 3. The number of aromatic nitrogens is 1. The molecule has 2 nitrogen and oxygen atoms in total. The van der Waals surface area contributed by atoms with Crippen LogP contribution in [0.2, 0.25) is 0 Å². The Morgan fingerprint density at radius 3 is 2.32 bits per heavy atom. The van der Waals surface area contributed by atoms with Crippen molar-refractivity contribution >= 4 is 17.1 Å². The summed E-state index contributed by atoms with van der Waals surface area (Å²) in [5.41, 5.74) is -0.351. The molecule has 6 heteroatoms. The zero-order chi connectivity index (χ0) is 14.8. The van der Waals surface area contributed by atoms with Crippen molar-refractivity contribution in [2.75, 3.05) is 6.54 Å². The van der Waals surface area contributed by atoms with Gasteiger partial charge in [0.15, 0.2) is 0 Å². The number of halogens is 3. The Morgan fingerprint density at radius 2 is 1.84 bits per heavy atom. The molecular formula is C13H17F3N2S. The van der Waals surface area contributed by atoms with Crippen molar-refractivity contribution in [1.82, 2.24) is 10.3 Å². The van der Waals surface area contributed by atoms with Gasteiger partial charge >= 0.3 is 6.18 Å². The fraction of sp³-hybridized carbons (Fsp3) is 0.538. The summed E-state index contributed by atoms with van der Waals surface area (Å²) in [6.07, 6.45) is -4.45. The van der Waals surface area contributed by atoms with E-state index in [1.807, 2.05) is 20.8 Å². The van der Waals surface area contributed by atoms with Crippen molar-refractivity contribution in [2.45, 2.75) is 39.4 Å². The van der Waals surface area contributed by atoms with Crippen LogP contribution >= 0.6 is 12.2 Å². The fourth-order valence-electron chi connectivity index (χ4n) is 1.39. The summed E-state index contributed by atoms with van der Waals surface area (Å²) in [7, 11) is 0. The molecule has 0 saturated carbocycles. The lowest BCUT2D eigenvalue weighted by atomic mass is 10.1. The van der Waals surface area contributed by atoms with Crippen LogP contribution in [0.3, 0.4) is 0 Å². The second-order valence-electron chi connectivity index (χ2n) is 5.44. The Bertz CT molecular complexity index is 476. The van der Waals surface area contributed by atoms with Crippen LogP contribution in [0.5, 0.6) is 0 Å². The van der Waals surface area contributed by atoms with Gasteiger partial charge in [-0.25, -0.2) is 4.98 Å². The minimum atomic E-state index is -4.45. The third-order valence-corrected chi connectivity index (χ3v) is 2.68. The molecule has 19 heavy (non-hydrogen) atoms. The van der Waals surface area contributed by atoms with E-state index in [9.17, 15) is 13.2 Å². The van der Waals surface area contributed by atoms with Crippen LogP contribution in [0.4, 0.5) is 13.2 Å². The van der Waals surface area contributed by atoms with Crippen molar-refractivity contribution in [3.05, 3.63) is 29.1 Å². The zero-order valence-corrected chi connectivity index (χ0v) is 12.2. The summed E-state index contributed by atoms with van der Waals surface area (Å²) in [5, 5.41) is 3.14. The molecule has 0 saturated heterocycles. The first kappa shape index (κ1) is 16.0. The van der Waals surface area contributed by atoms with Gasteiger partial charge in [0.25, 0.3) is 0 Å². The van der Waals surface area contributed by atoms with Crippen molar-refractivity contribution in [2.24, 2.45) is 0 Å². The predicted molar refractivity (Wildman–Crippen MR) is 73.4 cm³/mol. The monoisotopic (exact) mass is 290 g/mol. The van der Waals surface area contributed by atoms with Gasteiger partial charge in [0.2, 0.25) is 0 Å². The smallest absolute Gasteiger partial charge is 0.307 e. The molecule has 1 rings (SSSR count). The summed E-state index contributed by atoms with van der Waals surface area (Å²) in [6.45, 7) is 7.80. The highest BCUT2D eigenvalue weighted by molar-refractivity contribution is 7.80. The largest absolute Gasteiger partial charge is 0.433 e. The first-order chi connectivity index (χ1) is 8.49. The van der Waals surface area contributed by atoms with Gasteiger partial charge in [0.05, 0.1) is 10.6 Å². The summed E-state index contributed by atoms with van der Waals surface area (Å²) in [6, 6.07) is 2.59. The van der Waals surface area contributed by atoms with Crippen molar-refractivity contribution in [3.63, 3.8) is 0 Å². The molecule has 0 spiro atoms. The highest BCUT2D eigenvalue weighted by Gasteiger charge is 2.33. The van der Waals surface area contributed by atoms with Crippen LogP contribution < -0.4 is 5.32 Å². The average Bonchev–Trinajstić information content (AvgIpc) is 2.22. The Labute approximate surface area is 116 Å². The second kappa shape index (κ2) is 5.54. The van der Waals surface area contributed by atoms with E-state index in [4.69, 9.17) is 12.2 Å². The Hall–Kier alpha value is -1.01. The van der Waals surface area contributed by atoms with Gasteiger partial charge in [-0.15, -0.1) is 0 Å². The number of rotatable bonds is 3. The zero-order valence-electron chi connectivity index (χ0n) is 11.4. The van der Waals surface area contributed by atoms with Crippen molar-refractivity contribution < 1.29 is 13.2 Å². The minimum absolute atomic E-state index is 0.152. The molecule has 106 valence electrons. The lowest BCUT2D eigenvalue weighted by Crippen LogP contribution is -2.39. The molecular weight excluding hydrogens is 273 g/mol. The predicted octanol–water partition coefficient (Wildman–Crippen LogP) is 3.51. The summed E-state index contributed by atoms with van der Waals surface area (Å²) < 4.78 is 38.0. The molecule has 0 aliphatic heterocycles. The van der Waals surface area contributed by atoms with E-state index in [1.54, 1.807) is 13.0 Å². The number of hydrogen-bond donors (Lipinski definition) is 1. The van der Waals surface area contributed by atoms with Crippen LogP contribution in [0.1, 0.15) is 37.7 Å². The quantitative estimate of drug-likeness (QED) is 0.681. The van der Waals surface area contributed by atoms with E-state index in [0.717, 1.165) is 6.07 Å². The van der Waals surface area contributed by atoms with Gasteiger partial charge in [-0.3, -0.25) is 0 Å². The van der Waals surface area contributed by atoms with E-state index in [-0.39, 0.29) is 11.2 Å². The average molecular weight is 290 g/mol. The second-order valence-corrected chi connectivity index (χ2v) is 5.93. The molecule has 1 aromatic rings. The molecule has 0 radical (unpaired) electrons. The van der Waals surface area contributed by atoms with Crippen LogP contribution in [-0.2, 0) is 6.18 Å². The van der Waals surface area contributed by atoms with E-state index in [1.165, 1.54) is 0 Å². The summed E-state index contributed by atoms with van der Waals surface area (Å²) >= 11 is 5.14. The number of nitrogens with zero attached hydrogens (tertiary/aromatic N) is 1. The molecule has 0 bridgehead atoms. The lowest BCUT2D eigenvalue weighted by Gasteiger charge is -2.20. The molecule has 1 N–H and O–H groups in total. The van der Waals surface area contributed by atoms with Gasteiger partial charge in [0, 0.05) is 12.1 Å². The number of nitrogens with one attached hydrogen (secondary N) is 1. The van der Waals surface area contributed by atoms with Crippen LogP contribution in [0.25, 0.3) is 0 Å². The molecule has 1 aromatic heterocycles. The van der Waals surface area contributed by atoms with E-state index >= 15 is 0 Å². The Morgan fingerprint density at radius 1 is 1.26 bits per heavy atom. The molecule has 0 fully saturated rings. The van der Waals surface area contributed by atoms with E-state index in [0.29, 0.717) is 17.0 Å². The number of hydrogen-bond acceptors (Lipinski definition) is 3. The molecule has 0 aliphatic carbocycles. The maximum Gasteiger partial charge on any atom is 0.433 e. The maximum absolute atomic E-state index is 12.7. The van der Waals surface area contributed by atoms with Gasteiger partial charge in [-0.05, 0) is 45.4 Å². The van der Waals surface area contributed by atoms with Crippen LogP contribution in [0.15, 0.2) is 12.1 Å². The third kappa shape index (κ3) is 5.24. The van der Waals surface area contributed by atoms with Crippen molar-refractivity contribution in [3.8, 4) is 0 Å². The topological polar surface area (TPSA) is 24.9 Å². The van der Waals surface area contributed by atoms with Gasteiger partial charge in [-0.2, -0.15) is 13.2 Å². The fourth-order valence-corrected chi connectivity index (χ4v) is 1.57. The lowest BCUT2D eigenvalue weighted by molar-refractivity contribution is -0.141. The third-order valence-electron chi connectivity index (χ3n) is 2.33. The number of pyridine rings is 1. The highest BCUT2D eigenvalue weighted by atomic mass is 32.1. The first-order valence-corrected chi connectivity index (χ1v) is 6.24. The SMILES string of the molecule is Cc1cc(C(=S)CNC(C)(C)C)nc(C(F)(F)F)c1. The van der Waals surface area contributed by atoms with E-state index in [2.05, 4.69) is 10.3 Å². The Kier molecular flexibility index (Phi) is 4.68. The Balaban J connectivity index is 2.95. The normalized spacial score (nSPS) is 12.6. The molecule has 0 aromatic carbocycles. The van der Waals surface area contributed by atoms with Gasteiger partial charge in [0.1, 0.15) is 5.69 Å². The van der Waals surface area contributed by atoms with Gasteiger partial charge in [-0.1, -0.05) is 12.2 Å². The van der Waals surface area contributed by atoms with Crippen LogP contribution in [-0.4, -0.2) is 21.9 Å². The molecule has 1 heterocycles. The number of thiocarbonyl (C=S) groups is 1. The highest BCUT2D eigenvalue weighted by Crippen LogP contribution is 2.28. The molecule has 0 atom stereocenters. The van der Waals surface area contributed by atoms with Crippen LogP contribution in [0, 0.1) is 6.92 Å². The van der Waals surface area contributed by atoms with E-state index < -0.39 is 11.9 Å². The van der Waals surface area contributed by atoms with Crippen molar-refractivity contribution in [1.29, 1.82) is 0 Å². The summed E-state index contributed by atoms with van der Waals surface area (Å²) in [4.78, 5) is 3.98.